The van der Waals surface area contributed by atoms with Crippen LogP contribution in [0, 0.1) is 10.1 Å². The number of nitrogens with zero attached hydrogens (tertiary/aromatic N) is 3. The van der Waals surface area contributed by atoms with E-state index in [1.165, 1.54) is 12.1 Å². The zero-order valence-corrected chi connectivity index (χ0v) is 13.2. The van der Waals surface area contributed by atoms with E-state index in [4.69, 9.17) is 0 Å². The van der Waals surface area contributed by atoms with Gasteiger partial charge in [-0.2, -0.15) is 5.10 Å². The van der Waals surface area contributed by atoms with Crippen LogP contribution >= 0.6 is 0 Å². The van der Waals surface area contributed by atoms with Gasteiger partial charge in [-0.3, -0.25) is 20.0 Å². The van der Waals surface area contributed by atoms with Crippen molar-refractivity contribution in [2.45, 2.75) is 6.42 Å². The van der Waals surface area contributed by atoms with Crippen molar-refractivity contribution in [1.82, 2.24) is 25.7 Å². The first kappa shape index (κ1) is 16.3. The smallest absolute Gasteiger partial charge is 0.272 e. The Labute approximate surface area is 138 Å². The molecule has 1 fully saturated rings. The molecule has 1 aromatic carbocycles. The van der Waals surface area contributed by atoms with Crippen LogP contribution in [0.25, 0.3) is 10.9 Å². The lowest BCUT2D eigenvalue weighted by Crippen LogP contribution is -2.44. The number of H-pyrrole nitrogens is 1. The Hall–Kier alpha value is -2.52. The standard InChI is InChI=1S/C15H20N6O3/c22-15(17-4-1-7-20-8-5-16-6-9-20)14-12-10-11(21(23)24)2-3-13(12)18-19-14/h2-3,10,16H,1,4-9H2,(H,17,22)(H,18,19). The molecule has 0 bridgehead atoms. The molecule has 9 heteroatoms. The number of hydrogen-bond acceptors (Lipinski definition) is 6. The Balaban J connectivity index is 1.57. The van der Waals surface area contributed by atoms with Gasteiger partial charge in [0.1, 0.15) is 0 Å². The van der Waals surface area contributed by atoms with E-state index in [2.05, 4.69) is 25.7 Å². The van der Waals surface area contributed by atoms with Crippen LogP contribution in [0.2, 0.25) is 0 Å². The molecule has 0 aliphatic carbocycles. The molecule has 1 amide bonds. The van der Waals surface area contributed by atoms with E-state index in [1.54, 1.807) is 6.07 Å². The van der Waals surface area contributed by atoms with Gasteiger partial charge in [0.2, 0.25) is 0 Å². The predicted molar refractivity (Wildman–Crippen MR) is 89.0 cm³/mol. The summed E-state index contributed by atoms with van der Waals surface area (Å²) in [6, 6.07) is 4.31. The summed E-state index contributed by atoms with van der Waals surface area (Å²) < 4.78 is 0. The number of carbonyl (C=O) groups excluding carboxylic acids is 1. The maximum Gasteiger partial charge on any atom is 0.272 e. The summed E-state index contributed by atoms with van der Waals surface area (Å²) in [6.45, 7) is 5.55. The highest BCUT2D eigenvalue weighted by Gasteiger charge is 2.17. The van der Waals surface area contributed by atoms with Crippen molar-refractivity contribution in [3.05, 3.63) is 34.0 Å². The maximum absolute atomic E-state index is 12.3. The molecule has 0 saturated carbocycles. The van der Waals surface area contributed by atoms with E-state index in [1.807, 2.05) is 0 Å². The number of nitro groups is 1. The minimum Gasteiger partial charge on any atom is -0.351 e. The molecule has 3 rings (SSSR count). The van der Waals surface area contributed by atoms with Gasteiger partial charge in [0, 0.05) is 50.2 Å². The number of hydrogen-bond donors (Lipinski definition) is 3. The Bertz CT molecular complexity index is 738. The number of aromatic nitrogens is 2. The average Bonchev–Trinajstić information content (AvgIpc) is 3.02. The first-order valence-corrected chi connectivity index (χ1v) is 7.99. The molecule has 0 atom stereocenters. The summed E-state index contributed by atoms with van der Waals surface area (Å²) in [4.78, 5) is 25.0. The van der Waals surface area contributed by atoms with Crippen molar-refractivity contribution in [3.8, 4) is 0 Å². The first-order valence-electron chi connectivity index (χ1n) is 7.99. The highest BCUT2D eigenvalue weighted by atomic mass is 16.6. The van der Waals surface area contributed by atoms with E-state index >= 15 is 0 Å². The fourth-order valence-electron chi connectivity index (χ4n) is 2.81. The molecule has 9 nitrogen and oxygen atoms in total. The van der Waals surface area contributed by atoms with Crippen molar-refractivity contribution >= 4 is 22.5 Å². The summed E-state index contributed by atoms with van der Waals surface area (Å²) in [5, 5.41) is 24.2. The van der Waals surface area contributed by atoms with Crippen molar-refractivity contribution in [1.29, 1.82) is 0 Å². The average molecular weight is 332 g/mol. The van der Waals surface area contributed by atoms with Crippen LogP contribution in [-0.2, 0) is 0 Å². The molecule has 2 heterocycles. The minimum atomic E-state index is -0.485. The van der Waals surface area contributed by atoms with E-state index in [-0.39, 0.29) is 17.3 Å². The van der Waals surface area contributed by atoms with Crippen molar-refractivity contribution < 1.29 is 9.72 Å². The Morgan fingerprint density at radius 1 is 1.38 bits per heavy atom. The fourth-order valence-corrected chi connectivity index (χ4v) is 2.81. The number of carbonyl (C=O) groups is 1. The lowest BCUT2D eigenvalue weighted by molar-refractivity contribution is -0.384. The van der Waals surface area contributed by atoms with Gasteiger partial charge in [-0.25, -0.2) is 0 Å². The Morgan fingerprint density at radius 2 is 2.17 bits per heavy atom. The van der Waals surface area contributed by atoms with Gasteiger partial charge < -0.3 is 15.5 Å². The number of non-ortho nitro benzene ring substituents is 1. The maximum atomic E-state index is 12.3. The van der Waals surface area contributed by atoms with E-state index in [9.17, 15) is 14.9 Å². The molecule has 0 spiro atoms. The largest absolute Gasteiger partial charge is 0.351 e. The van der Waals surface area contributed by atoms with Crippen LogP contribution < -0.4 is 10.6 Å². The van der Waals surface area contributed by atoms with Gasteiger partial charge in [-0.05, 0) is 19.0 Å². The summed E-state index contributed by atoms with van der Waals surface area (Å²) in [5.74, 6) is -0.318. The molecule has 1 aromatic heterocycles. The zero-order valence-electron chi connectivity index (χ0n) is 13.2. The molecule has 0 unspecified atom stereocenters. The van der Waals surface area contributed by atoms with Crippen molar-refractivity contribution in [2.24, 2.45) is 0 Å². The van der Waals surface area contributed by atoms with E-state index in [0.29, 0.717) is 17.4 Å². The quantitative estimate of drug-likeness (QED) is 0.403. The van der Waals surface area contributed by atoms with Crippen molar-refractivity contribution in [3.63, 3.8) is 0 Å². The van der Waals surface area contributed by atoms with Crippen LogP contribution in [-0.4, -0.2) is 65.2 Å². The highest BCUT2D eigenvalue weighted by Crippen LogP contribution is 2.21. The predicted octanol–water partition coefficient (Wildman–Crippen LogP) is 0.496. The van der Waals surface area contributed by atoms with Crippen LogP contribution in [0.5, 0.6) is 0 Å². The molecule has 1 aliphatic rings. The fraction of sp³-hybridized carbons (Fsp3) is 0.467. The highest BCUT2D eigenvalue weighted by molar-refractivity contribution is 6.05. The second-order valence-electron chi connectivity index (χ2n) is 5.76. The van der Waals surface area contributed by atoms with Gasteiger partial charge in [-0.15, -0.1) is 0 Å². The number of fused-ring (bicyclic) bond motifs is 1. The second-order valence-corrected chi connectivity index (χ2v) is 5.76. The summed E-state index contributed by atoms with van der Waals surface area (Å²) in [6.07, 6.45) is 0.855. The van der Waals surface area contributed by atoms with Crippen LogP contribution in [0.3, 0.4) is 0 Å². The molecular formula is C15H20N6O3. The number of amides is 1. The number of nitro benzene ring substituents is 1. The Morgan fingerprint density at radius 3 is 2.92 bits per heavy atom. The normalized spacial score (nSPS) is 15.5. The third-order valence-electron chi connectivity index (χ3n) is 4.12. The number of aromatic amines is 1. The van der Waals surface area contributed by atoms with Crippen LogP contribution in [0.4, 0.5) is 5.69 Å². The molecule has 2 aromatic rings. The third kappa shape index (κ3) is 3.69. The van der Waals surface area contributed by atoms with Crippen LogP contribution in [0.15, 0.2) is 18.2 Å². The third-order valence-corrected chi connectivity index (χ3v) is 4.12. The lowest BCUT2D eigenvalue weighted by Gasteiger charge is -2.26. The SMILES string of the molecule is O=C(NCCCN1CCNCC1)c1n[nH]c2ccc([N+](=O)[O-])cc12. The number of piperazine rings is 1. The van der Waals surface area contributed by atoms with Crippen molar-refractivity contribution in [2.75, 3.05) is 39.3 Å². The molecule has 1 aliphatic heterocycles. The lowest BCUT2D eigenvalue weighted by atomic mass is 10.2. The van der Waals surface area contributed by atoms with Gasteiger partial charge >= 0.3 is 0 Å². The van der Waals surface area contributed by atoms with Gasteiger partial charge in [0.25, 0.3) is 11.6 Å². The van der Waals surface area contributed by atoms with Gasteiger partial charge in [0.05, 0.1) is 10.4 Å². The van der Waals surface area contributed by atoms with Crippen LogP contribution in [0.1, 0.15) is 16.9 Å². The first-order chi connectivity index (χ1) is 11.6. The monoisotopic (exact) mass is 332 g/mol. The van der Waals surface area contributed by atoms with Gasteiger partial charge in [0.15, 0.2) is 5.69 Å². The minimum absolute atomic E-state index is 0.0587. The summed E-state index contributed by atoms with van der Waals surface area (Å²) in [7, 11) is 0. The summed E-state index contributed by atoms with van der Waals surface area (Å²) in [5.41, 5.74) is 0.735. The number of rotatable bonds is 6. The second kappa shape index (κ2) is 7.37. The van der Waals surface area contributed by atoms with E-state index in [0.717, 1.165) is 39.1 Å². The van der Waals surface area contributed by atoms with E-state index < -0.39 is 4.92 Å². The molecule has 0 radical (unpaired) electrons. The molecule has 24 heavy (non-hydrogen) atoms. The molecule has 1 saturated heterocycles. The summed E-state index contributed by atoms with van der Waals surface area (Å²) >= 11 is 0. The molecule has 3 N–H and O–H groups in total. The molecule has 128 valence electrons. The Kier molecular flexibility index (Phi) is 5.02. The zero-order chi connectivity index (χ0) is 16.9. The van der Waals surface area contributed by atoms with Gasteiger partial charge in [-0.1, -0.05) is 0 Å². The number of nitrogens with one attached hydrogen (secondary N) is 3. The topological polar surface area (TPSA) is 116 Å². The molecular weight excluding hydrogens is 312 g/mol. The number of benzene rings is 1.